The van der Waals surface area contributed by atoms with Crippen molar-refractivity contribution in [3.05, 3.63) is 86.0 Å². The molecule has 138 valence electrons. The molecule has 0 atom stereocenters. The highest BCUT2D eigenvalue weighted by molar-refractivity contribution is 14.1. The fourth-order valence-corrected chi connectivity index (χ4v) is 4.23. The molecule has 6 nitrogen and oxygen atoms in total. The summed E-state index contributed by atoms with van der Waals surface area (Å²) >= 11 is 3.76. The number of hydrogen-bond acceptors (Lipinski definition) is 5. The summed E-state index contributed by atoms with van der Waals surface area (Å²) in [6.45, 7) is 0. The molecule has 0 aliphatic carbocycles. The average molecular weight is 501 g/mol. The van der Waals surface area contributed by atoms with Gasteiger partial charge in [0.2, 0.25) is 0 Å². The van der Waals surface area contributed by atoms with Crippen molar-refractivity contribution < 1.29 is 9.72 Å². The first-order valence-corrected chi connectivity index (χ1v) is 10.1. The molecule has 0 saturated carbocycles. The number of thiazole rings is 1. The molecule has 0 spiro atoms. The van der Waals surface area contributed by atoms with E-state index in [9.17, 15) is 14.9 Å². The third-order valence-electron chi connectivity index (χ3n) is 4.07. The molecule has 0 fully saturated rings. The van der Waals surface area contributed by atoms with Crippen LogP contribution in [0.25, 0.3) is 20.8 Å². The molecule has 0 unspecified atom stereocenters. The number of amides is 1. The van der Waals surface area contributed by atoms with Crippen molar-refractivity contribution in [2.24, 2.45) is 0 Å². The van der Waals surface area contributed by atoms with Gasteiger partial charge in [-0.15, -0.1) is 11.3 Å². The SMILES string of the molecule is O=C(Nc1ccc(I)cc1-c1nc2ccccc2s1)c1cccc([N+](=O)[O-])c1. The number of carbonyl (C=O) groups excluding carboxylic acids is 1. The molecule has 4 aromatic rings. The average Bonchev–Trinajstić information content (AvgIpc) is 3.13. The van der Waals surface area contributed by atoms with Crippen LogP contribution in [-0.2, 0) is 0 Å². The predicted molar refractivity (Wildman–Crippen MR) is 119 cm³/mol. The number of nitrogens with one attached hydrogen (secondary N) is 1. The lowest BCUT2D eigenvalue weighted by Gasteiger charge is -2.10. The number of anilines is 1. The Morgan fingerprint density at radius 1 is 1.07 bits per heavy atom. The van der Waals surface area contributed by atoms with Crippen LogP contribution in [0.1, 0.15) is 10.4 Å². The molecule has 0 bridgehead atoms. The van der Waals surface area contributed by atoms with E-state index >= 15 is 0 Å². The number of non-ortho nitro benzene ring substituents is 1. The van der Waals surface area contributed by atoms with Crippen LogP contribution in [0.3, 0.4) is 0 Å². The molecular weight excluding hydrogens is 489 g/mol. The summed E-state index contributed by atoms with van der Waals surface area (Å²) in [5.74, 6) is -0.410. The molecule has 1 heterocycles. The Bertz CT molecular complexity index is 1190. The minimum Gasteiger partial charge on any atom is -0.321 e. The van der Waals surface area contributed by atoms with Crippen LogP contribution >= 0.6 is 33.9 Å². The second kappa shape index (κ2) is 7.64. The van der Waals surface area contributed by atoms with Crippen molar-refractivity contribution in [2.75, 3.05) is 5.32 Å². The van der Waals surface area contributed by atoms with Gasteiger partial charge in [-0.1, -0.05) is 18.2 Å². The summed E-state index contributed by atoms with van der Waals surface area (Å²) in [5.41, 5.74) is 2.42. The number of nitro benzene ring substituents is 1. The highest BCUT2D eigenvalue weighted by Gasteiger charge is 2.16. The molecule has 3 aromatic carbocycles. The van der Waals surface area contributed by atoms with Gasteiger partial charge in [0, 0.05) is 26.8 Å². The van der Waals surface area contributed by atoms with E-state index in [1.165, 1.54) is 18.2 Å². The van der Waals surface area contributed by atoms with Crippen LogP contribution in [0.4, 0.5) is 11.4 Å². The van der Waals surface area contributed by atoms with E-state index in [-0.39, 0.29) is 11.3 Å². The number of carbonyl (C=O) groups is 1. The zero-order valence-electron chi connectivity index (χ0n) is 14.3. The second-order valence-corrected chi connectivity index (χ2v) is 8.21. The smallest absolute Gasteiger partial charge is 0.270 e. The Morgan fingerprint density at radius 2 is 1.89 bits per heavy atom. The number of nitro groups is 1. The van der Waals surface area contributed by atoms with Gasteiger partial charge < -0.3 is 5.32 Å². The Morgan fingerprint density at radius 3 is 2.68 bits per heavy atom. The van der Waals surface area contributed by atoms with E-state index in [0.717, 1.165) is 24.4 Å². The van der Waals surface area contributed by atoms with Gasteiger partial charge in [0.05, 0.1) is 20.8 Å². The van der Waals surface area contributed by atoms with Crippen molar-refractivity contribution in [1.29, 1.82) is 0 Å². The lowest BCUT2D eigenvalue weighted by molar-refractivity contribution is -0.384. The lowest BCUT2D eigenvalue weighted by Crippen LogP contribution is -2.13. The molecule has 0 radical (unpaired) electrons. The van der Waals surface area contributed by atoms with E-state index < -0.39 is 10.8 Å². The maximum absolute atomic E-state index is 12.7. The number of benzene rings is 3. The zero-order valence-corrected chi connectivity index (χ0v) is 17.2. The Kier molecular flexibility index (Phi) is 5.05. The Balaban J connectivity index is 1.71. The highest BCUT2D eigenvalue weighted by atomic mass is 127. The quantitative estimate of drug-likeness (QED) is 0.220. The van der Waals surface area contributed by atoms with Crippen LogP contribution in [0.15, 0.2) is 66.7 Å². The van der Waals surface area contributed by atoms with Crippen molar-refractivity contribution in [1.82, 2.24) is 4.98 Å². The van der Waals surface area contributed by atoms with E-state index in [2.05, 4.69) is 32.9 Å². The second-order valence-electron chi connectivity index (χ2n) is 5.94. The van der Waals surface area contributed by atoms with Crippen LogP contribution in [0.5, 0.6) is 0 Å². The van der Waals surface area contributed by atoms with Crippen molar-refractivity contribution in [3.63, 3.8) is 0 Å². The minimum absolute atomic E-state index is 0.123. The molecule has 28 heavy (non-hydrogen) atoms. The van der Waals surface area contributed by atoms with Gasteiger partial charge in [-0.3, -0.25) is 14.9 Å². The maximum atomic E-state index is 12.7. The third kappa shape index (κ3) is 3.73. The Hall–Kier alpha value is -2.85. The van der Waals surface area contributed by atoms with Crippen LogP contribution in [-0.4, -0.2) is 15.8 Å². The van der Waals surface area contributed by atoms with Crippen LogP contribution in [0, 0.1) is 13.7 Å². The lowest BCUT2D eigenvalue weighted by atomic mass is 10.1. The van der Waals surface area contributed by atoms with E-state index in [1.807, 2.05) is 42.5 Å². The van der Waals surface area contributed by atoms with Crippen molar-refractivity contribution >= 4 is 61.4 Å². The van der Waals surface area contributed by atoms with Crippen molar-refractivity contribution in [3.8, 4) is 10.6 Å². The first kappa shape index (κ1) is 18.5. The van der Waals surface area contributed by atoms with E-state index in [0.29, 0.717) is 5.69 Å². The highest BCUT2D eigenvalue weighted by Crippen LogP contribution is 2.35. The normalized spacial score (nSPS) is 10.8. The summed E-state index contributed by atoms with van der Waals surface area (Å²) in [6.07, 6.45) is 0. The molecule has 1 aromatic heterocycles. The van der Waals surface area contributed by atoms with Gasteiger partial charge in [-0.2, -0.15) is 0 Å². The summed E-state index contributed by atoms with van der Waals surface area (Å²) in [5, 5.41) is 14.6. The van der Waals surface area contributed by atoms with Crippen LogP contribution in [0.2, 0.25) is 0 Å². The topological polar surface area (TPSA) is 85.1 Å². The molecular formula is C20H12IN3O3S. The van der Waals surface area contributed by atoms with Gasteiger partial charge in [0.1, 0.15) is 5.01 Å². The molecule has 4 rings (SSSR count). The number of aromatic nitrogens is 1. The monoisotopic (exact) mass is 501 g/mol. The first-order valence-electron chi connectivity index (χ1n) is 8.22. The zero-order chi connectivity index (χ0) is 19.7. The summed E-state index contributed by atoms with van der Waals surface area (Å²) in [7, 11) is 0. The van der Waals surface area contributed by atoms with E-state index in [4.69, 9.17) is 0 Å². The number of para-hydroxylation sites is 1. The van der Waals surface area contributed by atoms with Gasteiger partial charge in [-0.05, 0) is 59.0 Å². The van der Waals surface area contributed by atoms with Gasteiger partial charge >= 0.3 is 0 Å². The number of fused-ring (bicyclic) bond motifs is 1. The van der Waals surface area contributed by atoms with Crippen LogP contribution < -0.4 is 5.32 Å². The summed E-state index contributed by atoms with van der Waals surface area (Å²) in [6, 6.07) is 19.2. The molecule has 0 aliphatic rings. The predicted octanol–water partition coefficient (Wildman–Crippen LogP) is 5.73. The number of rotatable bonds is 4. The minimum atomic E-state index is -0.520. The van der Waals surface area contributed by atoms with Crippen molar-refractivity contribution in [2.45, 2.75) is 0 Å². The third-order valence-corrected chi connectivity index (χ3v) is 5.81. The Labute approximate surface area is 177 Å². The molecule has 0 saturated heterocycles. The first-order chi connectivity index (χ1) is 13.5. The summed E-state index contributed by atoms with van der Waals surface area (Å²) < 4.78 is 2.08. The van der Waals surface area contributed by atoms with Gasteiger partial charge in [-0.25, -0.2) is 4.98 Å². The number of hydrogen-bond donors (Lipinski definition) is 1. The fraction of sp³-hybridized carbons (Fsp3) is 0. The maximum Gasteiger partial charge on any atom is 0.270 e. The largest absolute Gasteiger partial charge is 0.321 e. The number of nitrogens with zero attached hydrogens (tertiary/aromatic N) is 2. The molecule has 0 aliphatic heterocycles. The molecule has 1 N–H and O–H groups in total. The van der Waals surface area contributed by atoms with E-state index in [1.54, 1.807) is 17.4 Å². The molecule has 1 amide bonds. The summed E-state index contributed by atoms with van der Waals surface area (Å²) in [4.78, 5) is 27.8. The molecule has 8 heteroatoms. The van der Waals surface area contributed by atoms with Gasteiger partial charge in [0.25, 0.3) is 11.6 Å². The standard InChI is InChI=1S/C20H12IN3O3S/c21-13-8-9-16(22-19(25)12-4-3-5-14(10-12)24(26)27)15(11-13)20-23-17-6-1-2-7-18(17)28-20/h1-11H,(H,22,25). The fourth-order valence-electron chi connectivity index (χ4n) is 2.75. The number of halogens is 1. The van der Waals surface area contributed by atoms with Gasteiger partial charge in [0.15, 0.2) is 0 Å².